The lowest BCUT2D eigenvalue weighted by Crippen LogP contribution is -2.36. The van der Waals surface area contributed by atoms with Crippen LogP contribution >= 0.6 is 11.3 Å². The molecule has 2 aromatic carbocycles. The third-order valence-electron chi connectivity index (χ3n) is 5.51. The van der Waals surface area contributed by atoms with Gasteiger partial charge in [0, 0.05) is 48.6 Å². The number of hydrogen-bond donors (Lipinski definition) is 1. The molecule has 0 spiro atoms. The van der Waals surface area contributed by atoms with Crippen LogP contribution in [0.25, 0.3) is 27.1 Å². The third-order valence-corrected chi connectivity index (χ3v) is 6.32. The summed E-state index contributed by atoms with van der Waals surface area (Å²) >= 11 is 1.64. The minimum absolute atomic E-state index is 0.722. The summed E-state index contributed by atoms with van der Waals surface area (Å²) in [7, 11) is 0. The molecule has 1 N–H and O–H groups in total. The molecule has 8 heteroatoms. The van der Waals surface area contributed by atoms with Gasteiger partial charge in [-0.15, -0.1) is 11.3 Å². The first-order chi connectivity index (χ1) is 15.3. The van der Waals surface area contributed by atoms with E-state index in [0.29, 0.717) is 0 Å². The van der Waals surface area contributed by atoms with E-state index in [1.807, 2.05) is 22.3 Å². The van der Waals surface area contributed by atoms with Crippen molar-refractivity contribution < 1.29 is 4.74 Å². The molecule has 0 saturated carbocycles. The highest BCUT2D eigenvalue weighted by atomic mass is 32.1. The first-order valence-electron chi connectivity index (χ1n) is 10.2. The molecule has 7 nitrogen and oxygen atoms in total. The van der Waals surface area contributed by atoms with E-state index in [1.54, 1.807) is 17.5 Å². The zero-order chi connectivity index (χ0) is 20.6. The van der Waals surface area contributed by atoms with Crippen LogP contribution in [0.4, 0.5) is 17.2 Å². The molecule has 154 valence electrons. The molecule has 5 aromatic rings. The van der Waals surface area contributed by atoms with Crippen molar-refractivity contribution in [2.45, 2.75) is 0 Å². The van der Waals surface area contributed by atoms with E-state index < -0.39 is 0 Å². The van der Waals surface area contributed by atoms with Gasteiger partial charge in [-0.25, -0.2) is 15.0 Å². The van der Waals surface area contributed by atoms with Crippen molar-refractivity contribution in [3.8, 4) is 11.3 Å². The van der Waals surface area contributed by atoms with Crippen LogP contribution in [0.5, 0.6) is 0 Å². The number of imidazole rings is 1. The molecule has 4 heterocycles. The maximum atomic E-state index is 5.45. The molecule has 0 amide bonds. The largest absolute Gasteiger partial charge is 0.378 e. The number of anilines is 3. The maximum absolute atomic E-state index is 5.45. The highest BCUT2D eigenvalue weighted by molar-refractivity contribution is 7.16. The third kappa shape index (κ3) is 3.49. The molecule has 1 fully saturated rings. The number of benzene rings is 2. The highest BCUT2D eigenvalue weighted by Gasteiger charge is 2.13. The van der Waals surface area contributed by atoms with Crippen molar-refractivity contribution in [1.82, 2.24) is 19.4 Å². The monoisotopic (exact) mass is 428 g/mol. The number of aromatic nitrogens is 4. The molecular formula is C23H20N6OS. The summed E-state index contributed by atoms with van der Waals surface area (Å²) in [6.45, 7) is 3.41. The van der Waals surface area contributed by atoms with Crippen molar-refractivity contribution in [2.24, 2.45) is 0 Å². The van der Waals surface area contributed by atoms with Crippen molar-refractivity contribution in [1.29, 1.82) is 0 Å². The minimum Gasteiger partial charge on any atom is -0.378 e. The predicted octanol–water partition coefficient (Wildman–Crippen LogP) is 4.59. The van der Waals surface area contributed by atoms with Gasteiger partial charge in [-0.2, -0.15) is 0 Å². The van der Waals surface area contributed by atoms with E-state index in [9.17, 15) is 0 Å². The lowest BCUT2D eigenvalue weighted by atomic mass is 10.1. The van der Waals surface area contributed by atoms with E-state index in [1.165, 1.54) is 10.4 Å². The Morgan fingerprint density at radius 2 is 1.87 bits per heavy atom. The van der Waals surface area contributed by atoms with Crippen molar-refractivity contribution in [3.05, 3.63) is 66.6 Å². The van der Waals surface area contributed by atoms with Crippen LogP contribution in [0.1, 0.15) is 0 Å². The van der Waals surface area contributed by atoms with E-state index in [2.05, 4.69) is 62.6 Å². The first kappa shape index (κ1) is 18.3. The van der Waals surface area contributed by atoms with Crippen LogP contribution in [0, 0.1) is 0 Å². The number of thiazole rings is 1. The fraction of sp³-hybridized carbons (Fsp3) is 0.174. The number of nitrogens with one attached hydrogen (secondary N) is 1. The summed E-state index contributed by atoms with van der Waals surface area (Å²) in [5, 5.41) is 3.45. The smallest absolute Gasteiger partial charge is 0.180 e. The Balaban J connectivity index is 1.33. The summed E-state index contributed by atoms with van der Waals surface area (Å²) in [5.41, 5.74) is 7.72. The van der Waals surface area contributed by atoms with Gasteiger partial charge < -0.3 is 19.4 Å². The Labute approximate surface area is 183 Å². The van der Waals surface area contributed by atoms with Gasteiger partial charge >= 0.3 is 0 Å². The fourth-order valence-corrected chi connectivity index (χ4v) is 4.54. The second-order valence-electron chi connectivity index (χ2n) is 7.44. The van der Waals surface area contributed by atoms with Gasteiger partial charge in [-0.05, 0) is 36.4 Å². The van der Waals surface area contributed by atoms with Gasteiger partial charge in [0.25, 0.3) is 0 Å². The number of fused-ring (bicyclic) bond motifs is 2. The van der Waals surface area contributed by atoms with Crippen LogP contribution in [-0.4, -0.2) is 45.7 Å². The van der Waals surface area contributed by atoms with E-state index in [0.717, 1.165) is 60.2 Å². The Morgan fingerprint density at radius 1 is 1.00 bits per heavy atom. The summed E-state index contributed by atoms with van der Waals surface area (Å²) in [4.78, 5) is 16.2. The molecule has 0 aliphatic carbocycles. The van der Waals surface area contributed by atoms with E-state index >= 15 is 0 Å². The van der Waals surface area contributed by atoms with E-state index in [-0.39, 0.29) is 0 Å². The van der Waals surface area contributed by atoms with E-state index in [4.69, 9.17) is 9.72 Å². The molecule has 31 heavy (non-hydrogen) atoms. The average Bonchev–Trinajstić information content (AvgIpc) is 3.49. The molecule has 0 unspecified atom stereocenters. The quantitative estimate of drug-likeness (QED) is 0.452. The van der Waals surface area contributed by atoms with Crippen LogP contribution in [0.3, 0.4) is 0 Å². The second-order valence-corrected chi connectivity index (χ2v) is 8.33. The number of rotatable bonds is 4. The van der Waals surface area contributed by atoms with Crippen LogP contribution in [0.2, 0.25) is 0 Å². The van der Waals surface area contributed by atoms with Crippen LogP contribution in [0.15, 0.2) is 66.6 Å². The highest BCUT2D eigenvalue weighted by Crippen LogP contribution is 2.28. The average molecular weight is 429 g/mol. The Bertz CT molecular complexity index is 1350. The number of ether oxygens (including phenoxy) is 1. The zero-order valence-electron chi connectivity index (χ0n) is 16.7. The zero-order valence-corrected chi connectivity index (χ0v) is 17.5. The van der Waals surface area contributed by atoms with Crippen LogP contribution in [-0.2, 0) is 4.74 Å². The molecule has 0 radical (unpaired) electrons. The first-order valence-corrected chi connectivity index (χ1v) is 11.1. The molecule has 0 atom stereocenters. The maximum Gasteiger partial charge on any atom is 0.180 e. The Hall–Kier alpha value is -3.49. The summed E-state index contributed by atoms with van der Waals surface area (Å²) in [5.74, 6) is 0.722. The lowest BCUT2D eigenvalue weighted by molar-refractivity contribution is 0.122. The summed E-state index contributed by atoms with van der Waals surface area (Å²) in [6, 6.07) is 14.7. The topological polar surface area (TPSA) is 67.6 Å². The molecule has 1 aliphatic rings. The Kier molecular flexibility index (Phi) is 4.51. The predicted molar refractivity (Wildman–Crippen MR) is 124 cm³/mol. The standard InChI is InChI=1S/C23H20N6OS/c1-6-21-19(25-15-31-21)13-16(1)20-14-29-8-7-24-23(29)22(27-20)26-17-2-4-18(5-3-17)28-9-11-30-12-10-28/h1-8,13-15H,9-12H2,(H,26,27). The lowest BCUT2D eigenvalue weighted by Gasteiger charge is -2.28. The van der Waals surface area contributed by atoms with Crippen LogP contribution < -0.4 is 10.2 Å². The summed E-state index contributed by atoms with van der Waals surface area (Å²) < 4.78 is 8.62. The molecule has 0 bridgehead atoms. The van der Waals surface area contributed by atoms with Crippen molar-refractivity contribution >= 4 is 44.4 Å². The van der Waals surface area contributed by atoms with Gasteiger partial charge in [-0.1, -0.05) is 6.07 Å². The summed E-state index contributed by atoms with van der Waals surface area (Å²) in [6.07, 6.45) is 5.73. The molecular weight excluding hydrogens is 408 g/mol. The van der Waals surface area contributed by atoms with Gasteiger partial charge in [0.05, 0.1) is 34.6 Å². The molecule has 1 saturated heterocycles. The van der Waals surface area contributed by atoms with Gasteiger partial charge in [0.15, 0.2) is 11.5 Å². The van der Waals surface area contributed by atoms with Gasteiger partial charge in [0.2, 0.25) is 0 Å². The van der Waals surface area contributed by atoms with Crippen molar-refractivity contribution in [2.75, 3.05) is 36.5 Å². The Morgan fingerprint density at radius 3 is 2.74 bits per heavy atom. The molecule has 1 aliphatic heterocycles. The van der Waals surface area contributed by atoms with Crippen molar-refractivity contribution in [3.63, 3.8) is 0 Å². The number of nitrogens with zero attached hydrogens (tertiary/aromatic N) is 5. The second kappa shape index (κ2) is 7.64. The number of hydrogen-bond acceptors (Lipinski definition) is 7. The molecule has 6 rings (SSSR count). The minimum atomic E-state index is 0.722. The number of morpholine rings is 1. The SMILES string of the molecule is c1cn2cc(-c3ccc4scnc4c3)nc(Nc3ccc(N4CCOCC4)cc3)c2n1. The van der Waals surface area contributed by atoms with Gasteiger partial charge in [-0.3, -0.25) is 0 Å². The van der Waals surface area contributed by atoms with Gasteiger partial charge in [0.1, 0.15) is 0 Å². The normalized spacial score (nSPS) is 14.4. The fourth-order valence-electron chi connectivity index (χ4n) is 3.89. The molecule has 3 aromatic heterocycles.